The summed E-state index contributed by atoms with van der Waals surface area (Å²) in [6.45, 7) is 3.35. The first-order chi connectivity index (χ1) is 25.0. The molecular weight excluding hydrogens is 704 g/mol. The third-order valence-corrected chi connectivity index (χ3v) is 8.51. The van der Waals surface area contributed by atoms with Gasteiger partial charge in [0.2, 0.25) is 23.6 Å². The van der Waals surface area contributed by atoms with Crippen LogP contribution in [0.1, 0.15) is 54.6 Å². The van der Waals surface area contributed by atoms with Gasteiger partial charge in [-0.05, 0) is 75.4 Å². The molecule has 0 radical (unpaired) electrons. The van der Waals surface area contributed by atoms with Gasteiger partial charge in [-0.2, -0.15) is 0 Å². The fourth-order valence-electron chi connectivity index (χ4n) is 5.60. The lowest BCUT2D eigenvalue weighted by Gasteiger charge is -2.26. The molecule has 3 aromatic rings. The van der Waals surface area contributed by atoms with Crippen LogP contribution in [0.5, 0.6) is 23.0 Å². The molecule has 0 aliphatic carbocycles. The number of fused-ring (bicyclic) bond motifs is 18. The molecule has 0 fully saturated rings. The Morgan fingerprint density at radius 2 is 1.66 bits per heavy atom. The summed E-state index contributed by atoms with van der Waals surface area (Å²) in [7, 11) is 2.98. The molecule has 0 unspecified atom stereocenters. The smallest absolute Gasteiger partial charge is 0.251 e. The molecule has 6 N–H and O–H groups in total. The zero-order chi connectivity index (χ0) is 37.6. The number of hydrogen-bond donors (Lipinski definition) is 5. The minimum absolute atomic E-state index is 0. The summed E-state index contributed by atoms with van der Waals surface area (Å²) in [6.07, 6.45) is 1.69. The van der Waals surface area contributed by atoms with Crippen molar-refractivity contribution in [2.24, 2.45) is 5.73 Å². The molecule has 5 amide bonds. The van der Waals surface area contributed by atoms with Gasteiger partial charge in [-0.1, -0.05) is 30.3 Å². The average Bonchev–Trinajstić information content (AvgIpc) is 3.14. The molecule has 286 valence electrons. The summed E-state index contributed by atoms with van der Waals surface area (Å²) in [5, 5.41) is 11.2. The van der Waals surface area contributed by atoms with Crippen molar-refractivity contribution in [3.05, 3.63) is 83.4 Å². The molecule has 5 rings (SSSR count). The Labute approximate surface area is 315 Å². The van der Waals surface area contributed by atoms with Crippen LogP contribution < -0.4 is 41.2 Å². The molecule has 2 heterocycles. The van der Waals surface area contributed by atoms with Crippen LogP contribution in [0.2, 0.25) is 0 Å². The lowest BCUT2D eigenvalue weighted by molar-refractivity contribution is -0.138. The van der Waals surface area contributed by atoms with Gasteiger partial charge in [0.1, 0.15) is 23.6 Å². The normalized spacial score (nSPS) is 18.3. The number of aryl methyl sites for hydroxylation is 1. The molecule has 3 aromatic carbocycles. The van der Waals surface area contributed by atoms with E-state index < -0.39 is 41.8 Å². The quantitative estimate of drug-likeness (QED) is 0.236. The first-order valence-electron chi connectivity index (χ1n) is 17.3. The zero-order valence-corrected chi connectivity index (χ0v) is 31.3. The summed E-state index contributed by atoms with van der Waals surface area (Å²) in [4.78, 5) is 67.5. The summed E-state index contributed by atoms with van der Waals surface area (Å²) >= 11 is 0. The van der Waals surface area contributed by atoms with Crippen LogP contribution in [0.25, 0.3) is 0 Å². The second kappa shape index (κ2) is 20.6. The van der Waals surface area contributed by atoms with Gasteiger partial charge in [-0.25, -0.2) is 0 Å². The second-order valence-corrected chi connectivity index (χ2v) is 12.5. The molecule has 53 heavy (non-hydrogen) atoms. The largest absolute Gasteiger partial charge is 0.496 e. The first kappa shape index (κ1) is 42.1. The fraction of sp³-hybridized carbons (Fsp3) is 0.395. The molecule has 0 saturated carbocycles. The minimum atomic E-state index is -0.996. The lowest BCUT2D eigenvalue weighted by atomic mass is 10.0. The zero-order valence-electron chi connectivity index (χ0n) is 30.4. The van der Waals surface area contributed by atoms with Crippen molar-refractivity contribution in [1.29, 1.82) is 0 Å². The molecule has 0 saturated heterocycles. The van der Waals surface area contributed by atoms with Crippen LogP contribution in [-0.4, -0.2) is 86.4 Å². The van der Waals surface area contributed by atoms with E-state index in [0.29, 0.717) is 59.9 Å². The molecule has 14 nitrogen and oxygen atoms in total. The number of amides is 5. The number of nitrogens with two attached hydrogens (primary N) is 1. The molecule has 0 aromatic heterocycles. The second-order valence-electron chi connectivity index (χ2n) is 12.5. The van der Waals surface area contributed by atoms with Crippen molar-refractivity contribution < 1.29 is 38.2 Å². The van der Waals surface area contributed by atoms with E-state index in [1.807, 2.05) is 30.3 Å². The maximum absolute atomic E-state index is 13.5. The predicted octanol–water partition coefficient (Wildman–Crippen LogP) is 2.86. The number of carbonyl (C=O) groups is 5. The molecular formula is C38H49ClN6O8. The van der Waals surface area contributed by atoms with Gasteiger partial charge >= 0.3 is 0 Å². The summed E-state index contributed by atoms with van der Waals surface area (Å²) in [6, 6.07) is 16.6. The highest BCUT2D eigenvalue weighted by atomic mass is 35.5. The van der Waals surface area contributed by atoms with Gasteiger partial charge in [0.15, 0.2) is 11.5 Å². The van der Waals surface area contributed by atoms with E-state index in [9.17, 15) is 24.0 Å². The van der Waals surface area contributed by atoms with E-state index in [-0.39, 0.29) is 44.4 Å². The van der Waals surface area contributed by atoms with E-state index in [0.717, 1.165) is 5.56 Å². The van der Waals surface area contributed by atoms with Crippen molar-refractivity contribution in [2.75, 3.05) is 33.9 Å². The molecule has 3 atom stereocenters. The van der Waals surface area contributed by atoms with Crippen LogP contribution in [0.3, 0.4) is 0 Å². The van der Waals surface area contributed by atoms with Crippen LogP contribution in [0.4, 0.5) is 0 Å². The topological polar surface area (TPSA) is 190 Å². The van der Waals surface area contributed by atoms with Gasteiger partial charge in [0, 0.05) is 36.8 Å². The fourth-order valence-corrected chi connectivity index (χ4v) is 5.60. The van der Waals surface area contributed by atoms with Crippen molar-refractivity contribution in [3.63, 3.8) is 0 Å². The number of halogens is 1. The SMILES string of the molecule is COc1cc2ccc1CNC(=O)[C@H](C)NC(=O)[C@H](CCc1ccccc1)NC(=O)CN(C(=O)[C@@H](C)N)CCCCNC(=O)c1ccc(OC)c(c1)O2.Cl. The van der Waals surface area contributed by atoms with E-state index >= 15 is 0 Å². The number of rotatable bonds is 6. The third kappa shape index (κ3) is 12.4. The maximum Gasteiger partial charge on any atom is 0.251 e. The Hall–Kier alpha value is -5.34. The van der Waals surface area contributed by atoms with E-state index in [1.165, 1.54) is 26.0 Å². The Bertz CT molecular complexity index is 1720. The van der Waals surface area contributed by atoms with Crippen molar-refractivity contribution in [3.8, 4) is 23.0 Å². The van der Waals surface area contributed by atoms with E-state index in [1.54, 1.807) is 43.3 Å². The minimum Gasteiger partial charge on any atom is -0.496 e. The maximum atomic E-state index is 13.5. The first-order valence-corrected chi connectivity index (χ1v) is 17.3. The van der Waals surface area contributed by atoms with Gasteiger partial charge in [-0.15, -0.1) is 12.4 Å². The molecule has 2 aliphatic heterocycles. The van der Waals surface area contributed by atoms with Crippen LogP contribution in [0.15, 0.2) is 66.7 Å². The molecule has 15 heteroatoms. The van der Waals surface area contributed by atoms with Crippen molar-refractivity contribution in [2.45, 2.75) is 64.2 Å². The summed E-state index contributed by atoms with van der Waals surface area (Å²) < 4.78 is 17.1. The van der Waals surface area contributed by atoms with Crippen LogP contribution >= 0.6 is 12.4 Å². The monoisotopic (exact) mass is 752 g/mol. The Kier molecular flexibility index (Phi) is 16.4. The number of carbonyl (C=O) groups excluding carboxylic acids is 5. The Morgan fingerprint density at radius 1 is 0.925 bits per heavy atom. The van der Waals surface area contributed by atoms with E-state index in [4.69, 9.17) is 19.9 Å². The Morgan fingerprint density at radius 3 is 2.36 bits per heavy atom. The lowest BCUT2D eigenvalue weighted by Crippen LogP contribution is -2.55. The average molecular weight is 753 g/mol. The van der Waals surface area contributed by atoms with Gasteiger partial charge in [-0.3, -0.25) is 24.0 Å². The molecule has 2 aliphatic rings. The Balaban J connectivity index is 0.00000756. The van der Waals surface area contributed by atoms with Gasteiger partial charge in [0.05, 0.1) is 26.8 Å². The standard InChI is InChI=1S/C38H48N6O8.ClH/c1-24(39)38(49)44-19-9-8-18-40-36(47)27-14-17-31(50-3)33(20-27)52-29-15-13-28(32(21-29)51-4)22-41-35(46)25(2)42-37(48)30(43-34(45)23-44)16-12-26-10-6-5-7-11-26;/h5-7,10-11,13-15,17,20-21,24-25,30H,8-9,12,16,18-19,22-23,39H2,1-4H3,(H,40,47)(H,41,46)(H,42,48)(H,43,45);1H/t24-,25+,30+;/m1./s1. The highest BCUT2D eigenvalue weighted by Gasteiger charge is 2.27. The number of methoxy groups -OCH3 is 2. The number of hydrogen-bond acceptors (Lipinski definition) is 9. The van der Waals surface area contributed by atoms with Gasteiger partial charge < -0.3 is 46.1 Å². The van der Waals surface area contributed by atoms with Crippen LogP contribution in [0, 0.1) is 0 Å². The molecule has 0 spiro atoms. The van der Waals surface area contributed by atoms with Crippen molar-refractivity contribution >= 4 is 41.9 Å². The summed E-state index contributed by atoms with van der Waals surface area (Å²) in [5.41, 5.74) is 7.86. The number of nitrogens with one attached hydrogen (secondary N) is 4. The number of ether oxygens (including phenoxy) is 3. The van der Waals surface area contributed by atoms with Crippen molar-refractivity contribution in [1.82, 2.24) is 26.2 Å². The summed E-state index contributed by atoms with van der Waals surface area (Å²) in [5.74, 6) is -0.756. The van der Waals surface area contributed by atoms with E-state index in [2.05, 4.69) is 21.3 Å². The third-order valence-electron chi connectivity index (χ3n) is 8.51. The van der Waals surface area contributed by atoms with Crippen LogP contribution in [-0.2, 0) is 32.1 Å². The highest BCUT2D eigenvalue weighted by Crippen LogP contribution is 2.34. The number of benzene rings is 3. The molecule has 4 bridgehead atoms. The number of nitrogens with zero attached hydrogens (tertiary/aromatic N) is 1. The van der Waals surface area contributed by atoms with Gasteiger partial charge in [0.25, 0.3) is 5.91 Å². The highest BCUT2D eigenvalue weighted by molar-refractivity contribution is 5.95. The predicted molar refractivity (Wildman–Crippen MR) is 201 cm³/mol.